The second kappa shape index (κ2) is 6.55. The number of nitrogens with one attached hydrogen (secondary N) is 1. The van der Waals surface area contributed by atoms with Crippen molar-refractivity contribution in [2.75, 3.05) is 6.54 Å². The van der Waals surface area contributed by atoms with Crippen molar-refractivity contribution in [1.82, 2.24) is 5.32 Å². The number of hydrogen-bond donors (Lipinski definition) is 1. The van der Waals surface area contributed by atoms with E-state index in [0.717, 1.165) is 25.7 Å². The van der Waals surface area contributed by atoms with E-state index >= 15 is 0 Å². The van der Waals surface area contributed by atoms with E-state index in [9.17, 15) is 9.59 Å². The maximum atomic E-state index is 12.0. The molecule has 0 aromatic heterocycles. The lowest BCUT2D eigenvalue weighted by Gasteiger charge is -2.13. The van der Waals surface area contributed by atoms with E-state index in [1.54, 1.807) is 13.0 Å². The van der Waals surface area contributed by atoms with E-state index in [4.69, 9.17) is 4.74 Å². The number of amides is 1. The minimum absolute atomic E-state index is 0.249. The van der Waals surface area contributed by atoms with Gasteiger partial charge in [-0.2, -0.15) is 0 Å². The molecule has 0 bridgehead atoms. The summed E-state index contributed by atoms with van der Waals surface area (Å²) in [6, 6.07) is 5.66. The van der Waals surface area contributed by atoms with Crippen molar-refractivity contribution in [2.45, 2.75) is 45.6 Å². The molecule has 1 aromatic rings. The van der Waals surface area contributed by atoms with Gasteiger partial charge in [0.05, 0.1) is 5.56 Å². The van der Waals surface area contributed by atoms with Gasteiger partial charge in [-0.1, -0.05) is 13.0 Å². The van der Waals surface area contributed by atoms with Crippen LogP contribution in [0.5, 0.6) is 0 Å². The van der Waals surface area contributed by atoms with Crippen LogP contribution in [0.1, 0.15) is 48.2 Å². The van der Waals surface area contributed by atoms with Gasteiger partial charge in [-0.3, -0.25) is 4.79 Å². The van der Waals surface area contributed by atoms with Crippen LogP contribution in [0.2, 0.25) is 0 Å². The summed E-state index contributed by atoms with van der Waals surface area (Å²) >= 11 is 0. The summed E-state index contributed by atoms with van der Waals surface area (Å²) in [5, 5.41) is 2.71. The van der Waals surface area contributed by atoms with Gasteiger partial charge >= 0.3 is 5.97 Å². The van der Waals surface area contributed by atoms with Gasteiger partial charge in [0.25, 0.3) is 5.91 Å². The Kier molecular flexibility index (Phi) is 4.77. The zero-order valence-electron chi connectivity index (χ0n) is 12.1. The number of hydrogen-bond acceptors (Lipinski definition) is 3. The van der Waals surface area contributed by atoms with Crippen molar-refractivity contribution >= 4 is 11.9 Å². The molecular weight excluding hydrogens is 254 g/mol. The summed E-state index contributed by atoms with van der Waals surface area (Å²) in [4.78, 5) is 23.7. The Bertz CT molecular complexity index is 510. The van der Waals surface area contributed by atoms with Crippen LogP contribution in [0.4, 0.5) is 0 Å². The van der Waals surface area contributed by atoms with Crippen LogP contribution in [0, 0.1) is 0 Å². The van der Waals surface area contributed by atoms with Crippen molar-refractivity contribution in [3.05, 3.63) is 34.9 Å². The molecule has 1 atom stereocenters. The molecule has 0 saturated heterocycles. The normalized spacial score (nSPS) is 14.5. The van der Waals surface area contributed by atoms with Crippen LogP contribution in [0.15, 0.2) is 18.2 Å². The molecule has 1 N–H and O–H groups in total. The molecule has 1 aromatic carbocycles. The van der Waals surface area contributed by atoms with Crippen molar-refractivity contribution in [3.63, 3.8) is 0 Å². The summed E-state index contributed by atoms with van der Waals surface area (Å²) in [6.45, 7) is 4.16. The number of aryl methyl sites for hydroxylation is 2. The predicted molar refractivity (Wildman–Crippen MR) is 76.6 cm³/mol. The molecule has 4 nitrogen and oxygen atoms in total. The Morgan fingerprint density at radius 1 is 1.30 bits per heavy atom. The smallest absolute Gasteiger partial charge is 0.338 e. The number of carbonyl (C=O) groups excluding carboxylic acids is 2. The summed E-state index contributed by atoms with van der Waals surface area (Å²) in [5.41, 5.74) is 3.07. The van der Waals surface area contributed by atoms with Crippen LogP contribution < -0.4 is 5.32 Å². The topological polar surface area (TPSA) is 55.4 Å². The van der Waals surface area contributed by atoms with Crippen molar-refractivity contribution < 1.29 is 14.3 Å². The van der Waals surface area contributed by atoms with Gasteiger partial charge in [-0.25, -0.2) is 4.79 Å². The van der Waals surface area contributed by atoms with Crippen LogP contribution >= 0.6 is 0 Å². The van der Waals surface area contributed by atoms with Gasteiger partial charge in [0.2, 0.25) is 0 Å². The first-order chi connectivity index (χ1) is 9.61. The van der Waals surface area contributed by atoms with E-state index in [1.807, 2.05) is 19.1 Å². The fourth-order valence-corrected chi connectivity index (χ4v) is 2.37. The number of rotatable bonds is 5. The van der Waals surface area contributed by atoms with Crippen molar-refractivity contribution in [1.29, 1.82) is 0 Å². The highest BCUT2D eigenvalue weighted by Gasteiger charge is 2.20. The maximum Gasteiger partial charge on any atom is 0.338 e. The highest BCUT2D eigenvalue weighted by molar-refractivity contribution is 5.92. The largest absolute Gasteiger partial charge is 0.449 e. The van der Waals surface area contributed by atoms with Gasteiger partial charge in [0.1, 0.15) is 0 Å². The third-order valence-corrected chi connectivity index (χ3v) is 3.54. The van der Waals surface area contributed by atoms with Gasteiger partial charge < -0.3 is 10.1 Å². The van der Waals surface area contributed by atoms with Crippen molar-refractivity contribution in [3.8, 4) is 0 Å². The number of esters is 1. The summed E-state index contributed by atoms with van der Waals surface area (Å²) in [5.74, 6) is -0.680. The number of fused-ring (bicyclic) bond motifs is 1. The minimum Gasteiger partial charge on any atom is -0.449 e. The monoisotopic (exact) mass is 275 g/mol. The molecule has 0 fully saturated rings. The molecule has 0 radical (unpaired) electrons. The summed E-state index contributed by atoms with van der Waals surface area (Å²) in [7, 11) is 0. The minimum atomic E-state index is -0.762. The second-order valence-corrected chi connectivity index (χ2v) is 5.18. The van der Waals surface area contributed by atoms with Gasteiger partial charge in [0, 0.05) is 6.54 Å². The fourth-order valence-electron chi connectivity index (χ4n) is 2.37. The van der Waals surface area contributed by atoms with Crippen molar-refractivity contribution in [2.24, 2.45) is 0 Å². The third-order valence-electron chi connectivity index (χ3n) is 3.54. The first-order valence-corrected chi connectivity index (χ1v) is 7.22. The molecule has 108 valence electrons. The lowest BCUT2D eigenvalue weighted by Crippen LogP contribution is -2.36. The molecule has 1 amide bonds. The molecule has 1 unspecified atom stereocenters. The molecule has 0 heterocycles. The fraction of sp³-hybridized carbons (Fsp3) is 0.500. The molecule has 1 aliphatic carbocycles. The van der Waals surface area contributed by atoms with Crippen LogP contribution in [-0.2, 0) is 22.4 Å². The highest BCUT2D eigenvalue weighted by atomic mass is 16.5. The number of ether oxygens (including phenoxy) is 1. The standard InChI is InChI=1S/C16H21NO3/c1-3-9-17-15(18)11(2)20-16(19)14-8-7-12-5-4-6-13(12)10-14/h7-8,10-11H,3-6,9H2,1-2H3,(H,17,18). The van der Waals surface area contributed by atoms with Gasteiger partial charge in [-0.05, 0) is 55.9 Å². The molecule has 0 spiro atoms. The van der Waals surface area contributed by atoms with E-state index < -0.39 is 12.1 Å². The first kappa shape index (κ1) is 14.6. The van der Waals surface area contributed by atoms with E-state index in [0.29, 0.717) is 12.1 Å². The zero-order chi connectivity index (χ0) is 14.5. The average molecular weight is 275 g/mol. The Morgan fingerprint density at radius 3 is 2.80 bits per heavy atom. The van der Waals surface area contributed by atoms with E-state index in [-0.39, 0.29) is 5.91 Å². The summed E-state index contributed by atoms with van der Waals surface area (Å²) in [6.07, 6.45) is 3.34. The Hall–Kier alpha value is -1.84. The Balaban J connectivity index is 1.96. The van der Waals surface area contributed by atoms with E-state index in [1.165, 1.54) is 11.1 Å². The number of carbonyl (C=O) groups is 2. The van der Waals surface area contributed by atoms with Gasteiger partial charge in [-0.15, -0.1) is 0 Å². The van der Waals surface area contributed by atoms with Gasteiger partial charge in [0.15, 0.2) is 6.10 Å². The molecule has 0 saturated carbocycles. The molecule has 20 heavy (non-hydrogen) atoms. The van der Waals surface area contributed by atoms with E-state index in [2.05, 4.69) is 5.32 Å². The Labute approximate surface area is 119 Å². The van der Waals surface area contributed by atoms with Crippen LogP contribution in [0.3, 0.4) is 0 Å². The third kappa shape index (κ3) is 3.38. The highest BCUT2D eigenvalue weighted by Crippen LogP contribution is 2.23. The molecule has 4 heteroatoms. The average Bonchev–Trinajstić information content (AvgIpc) is 2.91. The number of benzene rings is 1. The van der Waals surface area contributed by atoms with Crippen LogP contribution in [-0.4, -0.2) is 24.5 Å². The zero-order valence-corrected chi connectivity index (χ0v) is 12.1. The molecule has 2 rings (SSSR count). The Morgan fingerprint density at radius 2 is 2.05 bits per heavy atom. The SMILES string of the molecule is CCCNC(=O)C(C)OC(=O)c1ccc2c(c1)CCC2. The quantitative estimate of drug-likeness (QED) is 0.839. The molecular formula is C16H21NO3. The molecule has 0 aliphatic heterocycles. The maximum absolute atomic E-state index is 12.0. The molecule has 1 aliphatic rings. The lowest BCUT2D eigenvalue weighted by molar-refractivity contribution is -0.129. The second-order valence-electron chi connectivity index (χ2n) is 5.18. The van der Waals surface area contributed by atoms with Crippen LogP contribution in [0.25, 0.3) is 0 Å². The lowest BCUT2D eigenvalue weighted by atomic mass is 10.1. The first-order valence-electron chi connectivity index (χ1n) is 7.22. The summed E-state index contributed by atoms with van der Waals surface area (Å²) < 4.78 is 5.20. The predicted octanol–water partition coefficient (Wildman–Crippen LogP) is 2.25.